The second kappa shape index (κ2) is 7.61. The van der Waals surface area contributed by atoms with Gasteiger partial charge in [-0.25, -0.2) is 0 Å². The summed E-state index contributed by atoms with van der Waals surface area (Å²) in [5.41, 5.74) is 3.00. The lowest BCUT2D eigenvalue weighted by atomic mass is 10.1. The second-order valence-corrected chi connectivity index (χ2v) is 6.88. The van der Waals surface area contributed by atoms with Gasteiger partial charge in [0.15, 0.2) is 0 Å². The van der Waals surface area contributed by atoms with E-state index in [1.165, 1.54) is 6.42 Å². The average Bonchev–Trinajstić information content (AvgIpc) is 3.17. The van der Waals surface area contributed by atoms with E-state index in [1.807, 2.05) is 41.3 Å². The van der Waals surface area contributed by atoms with Gasteiger partial charge >= 0.3 is 0 Å². The molecule has 0 bridgehead atoms. The number of likely N-dealkylation sites (tertiary alicyclic amines) is 1. The molecule has 0 atom stereocenters. The van der Waals surface area contributed by atoms with Crippen LogP contribution in [-0.2, 0) is 6.54 Å². The van der Waals surface area contributed by atoms with Gasteiger partial charge in [-0.3, -0.25) is 14.6 Å². The largest absolute Gasteiger partial charge is 0.349 e. The Labute approximate surface area is 157 Å². The SMILES string of the molecule is O=C(NCc1ccc(C(=O)N2CCCCC2)cc1)c1cc2ccncc2[nH]1. The van der Waals surface area contributed by atoms with Crippen molar-refractivity contribution in [2.75, 3.05) is 13.1 Å². The first-order valence-electron chi connectivity index (χ1n) is 9.30. The molecule has 6 heteroatoms. The van der Waals surface area contributed by atoms with Crippen LogP contribution in [0.1, 0.15) is 45.7 Å². The summed E-state index contributed by atoms with van der Waals surface area (Å²) in [5.74, 6) is -0.0726. The van der Waals surface area contributed by atoms with Crippen molar-refractivity contribution in [1.29, 1.82) is 0 Å². The molecule has 2 aromatic heterocycles. The van der Waals surface area contributed by atoms with Crippen molar-refractivity contribution in [1.82, 2.24) is 20.2 Å². The van der Waals surface area contributed by atoms with E-state index in [1.54, 1.807) is 12.4 Å². The third kappa shape index (κ3) is 3.84. The Kier molecular flexibility index (Phi) is 4.87. The van der Waals surface area contributed by atoms with E-state index in [0.717, 1.165) is 42.4 Å². The van der Waals surface area contributed by atoms with E-state index < -0.39 is 0 Å². The highest BCUT2D eigenvalue weighted by Crippen LogP contribution is 2.15. The van der Waals surface area contributed by atoms with Crippen LogP contribution in [0.2, 0.25) is 0 Å². The lowest BCUT2D eigenvalue weighted by Gasteiger charge is -2.26. The number of H-pyrrole nitrogens is 1. The molecule has 0 aliphatic carbocycles. The molecule has 0 saturated carbocycles. The third-order valence-corrected chi connectivity index (χ3v) is 4.97. The van der Waals surface area contributed by atoms with Gasteiger partial charge < -0.3 is 15.2 Å². The first-order chi connectivity index (χ1) is 13.2. The first kappa shape index (κ1) is 17.3. The summed E-state index contributed by atoms with van der Waals surface area (Å²) >= 11 is 0. The summed E-state index contributed by atoms with van der Waals surface area (Å²) in [5, 5.41) is 3.86. The number of rotatable bonds is 4. The molecular weight excluding hydrogens is 340 g/mol. The van der Waals surface area contributed by atoms with Crippen LogP contribution < -0.4 is 5.32 Å². The zero-order valence-electron chi connectivity index (χ0n) is 15.1. The zero-order valence-corrected chi connectivity index (χ0v) is 15.1. The summed E-state index contributed by atoms with van der Waals surface area (Å²) < 4.78 is 0. The number of nitrogens with one attached hydrogen (secondary N) is 2. The van der Waals surface area contributed by atoms with Crippen LogP contribution in [0.4, 0.5) is 0 Å². The third-order valence-electron chi connectivity index (χ3n) is 4.97. The molecule has 2 amide bonds. The quantitative estimate of drug-likeness (QED) is 0.748. The van der Waals surface area contributed by atoms with Crippen molar-refractivity contribution in [2.24, 2.45) is 0 Å². The molecule has 0 unspecified atom stereocenters. The molecule has 1 aliphatic heterocycles. The number of aromatic nitrogens is 2. The molecule has 2 N–H and O–H groups in total. The average molecular weight is 362 g/mol. The van der Waals surface area contributed by atoms with Crippen LogP contribution in [0.25, 0.3) is 10.9 Å². The Morgan fingerprint density at radius 1 is 1.07 bits per heavy atom. The molecular formula is C21H22N4O2. The Morgan fingerprint density at radius 2 is 1.85 bits per heavy atom. The zero-order chi connectivity index (χ0) is 18.6. The summed E-state index contributed by atoms with van der Waals surface area (Å²) in [7, 11) is 0. The van der Waals surface area contributed by atoms with Crippen LogP contribution in [0.15, 0.2) is 48.8 Å². The maximum Gasteiger partial charge on any atom is 0.267 e. The van der Waals surface area contributed by atoms with E-state index in [0.29, 0.717) is 17.8 Å². The highest BCUT2D eigenvalue weighted by molar-refractivity contribution is 5.97. The molecule has 1 fully saturated rings. The fourth-order valence-corrected chi connectivity index (χ4v) is 3.42. The summed E-state index contributed by atoms with van der Waals surface area (Å²) in [6.45, 7) is 2.10. The molecule has 6 nitrogen and oxygen atoms in total. The van der Waals surface area contributed by atoms with Crippen molar-refractivity contribution < 1.29 is 9.59 Å². The molecule has 0 radical (unpaired) electrons. The van der Waals surface area contributed by atoms with Crippen LogP contribution in [-0.4, -0.2) is 39.8 Å². The van der Waals surface area contributed by atoms with Gasteiger partial charge in [0.2, 0.25) is 0 Å². The molecule has 4 rings (SSSR count). The van der Waals surface area contributed by atoms with Crippen LogP contribution in [0.3, 0.4) is 0 Å². The van der Waals surface area contributed by atoms with Crippen molar-refractivity contribution in [2.45, 2.75) is 25.8 Å². The number of fused-ring (bicyclic) bond motifs is 1. The number of benzene rings is 1. The monoisotopic (exact) mass is 362 g/mol. The molecule has 3 aromatic rings. The summed E-state index contributed by atoms with van der Waals surface area (Å²) in [4.78, 5) is 33.9. The number of piperidine rings is 1. The number of hydrogen-bond donors (Lipinski definition) is 2. The smallest absolute Gasteiger partial charge is 0.267 e. The number of pyridine rings is 1. The molecule has 0 spiro atoms. The number of nitrogens with zero attached hydrogens (tertiary/aromatic N) is 2. The fraction of sp³-hybridized carbons (Fsp3) is 0.286. The van der Waals surface area contributed by atoms with Crippen molar-refractivity contribution >= 4 is 22.7 Å². The number of carbonyl (C=O) groups is 2. The minimum Gasteiger partial charge on any atom is -0.349 e. The molecule has 3 heterocycles. The summed E-state index contributed by atoms with van der Waals surface area (Å²) in [6, 6.07) is 11.1. The predicted octanol–water partition coefficient (Wildman–Crippen LogP) is 3.12. The van der Waals surface area contributed by atoms with Crippen LogP contribution >= 0.6 is 0 Å². The van der Waals surface area contributed by atoms with Gasteiger partial charge in [0.25, 0.3) is 11.8 Å². The Balaban J connectivity index is 1.36. The van der Waals surface area contributed by atoms with Gasteiger partial charge in [0.05, 0.1) is 11.7 Å². The van der Waals surface area contributed by atoms with Crippen LogP contribution in [0.5, 0.6) is 0 Å². The van der Waals surface area contributed by atoms with E-state index in [2.05, 4.69) is 15.3 Å². The van der Waals surface area contributed by atoms with E-state index in [9.17, 15) is 9.59 Å². The van der Waals surface area contributed by atoms with Crippen molar-refractivity contribution in [3.63, 3.8) is 0 Å². The molecule has 138 valence electrons. The topological polar surface area (TPSA) is 78.1 Å². The first-order valence-corrected chi connectivity index (χ1v) is 9.30. The highest BCUT2D eigenvalue weighted by atomic mass is 16.2. The second-order valence-electron chi connectivity index (χ2n) is 6.88. The highest BCUT2D eigenvalue weighted by Gasteiger charge is 2.18. The van der Waals surface area contributed by atoms with E-state index in [-0.39, 0.29) is 11.8 Å². The Hall–Kier alpha value is -3.15. The van der Waals surface area contributed by atoms with Gasteiger partial charge in [0.1, 0.15) is 5.69 Å². The van der Waals surface area contributed by atoms with Crippen molar-refractivity contribution in [3.05, 3.63) is 65.6 Å². The van der Waals surface area contributed by atoms with Crippen molar-refractivity contribution in [3.8, 4) is 0 Å². The summed E-state index contributed by atoms with van der Waals surface area (Å²) in [6.07, 6.45) is 6.77. The minimum atomic E-state index is -0.167. The van der Waals surface area contributed by atoms with Gasteiger partial charge in [-0.15, -0.1) is 0 Å². The van der Waals surface area contributed by atoms with E-state index in [4.69, 9.17) is 0 Å². The lowest BCUT2D eigenvalue weighted by molar-refractivity contribution is 0.0724. The standard InChI is InChI=1S/C21H22N4O2/c26-20(18-12-17-8-9-22-14-19(17)24-18)23-13-15-4-6-16(7-5-15)21(27)25-10-2-1-3-11-25/h4-9,12,14,24H,1-3,10-11,13H2,(H,23,26). The molecule has 1 saturated heterocycles. The molecule has 1 aromatic carbocycles. The van der Waals surface area contributed by atoms with Gasteiger partial charge in [-0.2, -0.15) is 0 Å². The van der Waals surface area contributed by atoms with Gasteiger partial charge in [0, 0.05) is 36.8 Å². The van der Waals surface area contributed by atoms with Crippen LogP contribution in [0, 0.1) is 0 Å². The molecule has 27 heavy (non-hydrogen) atoms. The predicted molar refractivity (Wildman–Crippen MR) is 103 cm³/mol. The maximum absolute atomic E-state index is 12.5. The van der Waals surface area contributed by atoms with E-state index >= 15 is 0 Å². The Bertz CT molecular complexity index is 923. The molecule has 1 aliphatic rings. The maximum atomic E-state index is 12.5. The fourth-order valence-electron chi connectivity index (χ4n) is 3.42. The number of hydrogen-bond acceptors (Lipinski definition) is 3. The Morgan fingerprint density at radius 3 is 2.59 bits per heavy atom. The number of amides is 2. The normalized spacial score (nSPS) is 14.3. The number of aromatic amines is 1. The number of carbonyl (C=O) groups excluding carboxylic acids is 2. The minimum absolute atomic E-state index is 0.0944. The van der Waals surface area contributed by atoms with Gasteiger partial charge in [-0.05, 0) is 49.1 Å². The van der Waals surface area contributed by atoms with Gasteiger partial charge in [-0.1, -0.05) is 12.1 Å². The lowest BCUT2D eigenvalue weighted by Crippen LogP contribution is -2.35.